The van der Waals surface area contributed by atoms with Crippen molar-refractivity contribution in [3.8, 4) is 11.5 Å². The van der Waals surface area contributed by atoms with Gasteiger partial charge in [-0.1, -0.05) is 0 Å². The number of methoxy groups -OCH3 is 2. The van der Waals surface area contributed by atoms with Crippen molar-refractivity contribution in [1.29, 1.82) is 0 Å². The van der Waals surface area contributed by atoms with E-state index in [4.69, 9.17) is 14.6 Å². The molecule has 116 valence electrons. The zero-order chi connectivity index (χ0) is 14.7. The largest absolute Gasteiger partial charge is 0.497 e. The first-order chi connectivity index (χ1) is 9.56. The van der Waals surface area contributed by atoms with Crippen LogP contribution in [-0.2, 0) is 4.79 Å². The predicted octanol–water partition coefficient (Wildman–Crippen LogP) is 1.67. The first-order valence-electron chi connectivity index (χ1n) is 6.31. The van der Waals surface area contributed by atoms with Crippen molar-refractivity contribution < 1.29 is 24.2 Å². The van der Waals surface area contributed by atoms with E-state index in [0.717, 1.165) is 0 Å². The molecule has 1 N–H and O–H groups in total. The van der Waals surface area contributed by atoms with Crippen LogP contribution in [0.1, 0.15) is 16.8 Å². The van der Waals surface area contributed by atoms with Gasteiger partial charge in [0, 0.05) is 19.2 Å². The molecule has 7 heteroatoms. The summed E-state index contributed by atoms with van der Waals surface area (Å²) in [5.41, 5.74) is 0.416. The number of carbonyl (C=O) groups is 2. The van der Waals surface area contributed by atoms with Crippen molar-refractivity contribution in [1.82, 2.24) is 4.90 Å². The second-order valence-corrected chi connectivity index (χ2v) is 4.64. The van der Waals surface area contributed by atoms with E-state index in [1.54, 1.807) is 23.1 Å². The maximum atomic E-state index is 12.4. The second-order valence-electron chi connectivity index (χ2n) is 4.64. The van der Waals surface area contributed by atoms with Crippen LogP contribution in [0, 0.1) is 5.92 Å². The van der Waals surface area contributed by atoms with Gasteiger partial charge in [0.05, 0.1) is 25.7 Å². The Kier molecular flexibility index (Phi) is 5.84. The quantitative estimate of drug-likeness (QED) is 0.914. The molecule has 1 heterocycles. The van der Waals surface area contributed by atoms with Crippen molar-refractivity contribution in [2.45, 2.75) is 6.42 Å². The number of benzene rings is 1. The van der Waals surface area contributed by atoms with Crippen LogP contribution in [0.15, 0.2) is 18.2 Å². The summed E-state index contributed by atoms with van der Waals surface area (Å²) in [6.07, 6.45) is 0.486. The minimum atomic E-state index is -0.859. The van der Waals surface area contributed by atoms with Crippen LogP contribution in [0.2, 0.25) is 0 Å². The number of likely N-dealkylation sites (tertiary alicyclic amines) is 1. The van der Waals surface area contributed by atoms with Crippen LogP contribution in [-0.4, -0.2) is 49.2 Å². The minimum Gasteiger partial charge on any atom is -0.497 e. The van der Waals surface area contributed by atoms with Gasteiger partial charge in [-0.25, -0.2) is 0 Å². The number of ether oxygens (including phenoxy) is 2. The molecule has 21 heavy (non-hydrogen) atoms. The highest BCUT2D eigenvalue weighted by molar-refractivity contribution is 5.97. The number of amides is 1. The molecule has 1 aliphatic rings. The third-order valence-electron chi connectivity index (χ3n) is 3.46. The van der Waals surface area contributed by atoms with Gasteiger partial charge in [-0.3, -0.25) is 9.59 Å². The molecule has 0 aliphatic carbocycles. The van der Waals surface area contributed by atoms with E-state index in [2.05, 4.69) is 0 Å². The molecule has 1 aliphatic heterocycles. The molecule has 0 radical (unpaired) electrons. The highest BCUT2D eigenvalue weighted by atomic mass is 35.5. The van der Waals surface area contributed by atoms with E-state index in [0.29, 0.717) is 30.0 Å². The molecule has 1 amide bonds. The average molecular weight is 316 g/mol. The van der Waals surface area contributed by atoms with E-state index in [1.807, 2.05) is 0 Å². The Balaban J connectivity index is 0.00000220. The van der Waals surface area contributed by atoms with E-state index in [1.165, 1.54) is 14.2 Å². The SMILES string of the molecule is COc1ccc(C(=O)N2CCC(C(=O)O)C2)c(OC)c1.Cl. The van der Waals surface area contributed by atoms with Crippen molar-refractivity contribution in [2.24, 2.45) is 5.92 Å². The van der Waals surface area contributed by atoms with Gasteiger partial charge < -0.3 is 19.5 Å². The van der Waals surface area contributed by atoms with Gasteiger partial charge in [-0.15, -0.1) is 12.4 Å². The summed E-state index contributed by atoms with van der Waals surface area (Å²) in [5.74, 6) is -0.533. The van der Waals surface area contributed by atoms with E-state index in [-0.39, 0.29) is 24.9 Å². The van der Waals surface area contributed by atoms with Crippen molar-refractivity contribution in [2.75, 3.05) is 27.3 Å². The molecule has 0 spiro atoms. The van der Waals surface area contributed by atoms with Gasteiger partial charge in [0.25, 0.3) is 5.91 Å². The third-order valence-corrected chi connectivity index (χ3v) is 3.46. The van der Waals surface area contributed by atoms with Gasteiger partial charge in [0.2, 0.25) is 0 Å². The molecule has 0 aromatic heterocycles. The monoisotopic (exact) mass is 315 g/mol. The third kappa shape index (κ3) is 3.58. The van der Waals surface area contributed by atoms with Crippen LogP contribution in [0.25, 0.3) is 0 Å². The van der Waals surface area contributed by atoms with Gasteiger partial charge in [-0.2, -0.15) is 0 Å². The molecule has 1 aromatic carbocycles. The zero-order valence-corrected chi connectivity index (χ0v) is 12.7. The Labute approximate surface area is 129 Å². The van der Waals surface area contributed by atoms with E-state index in [9.17, 15) is 9.59 Å². The van der Waals surface area contributed by atoms with Gasteiger partial charge in [0.1, 0.15) is 11.5 Å². The molecule has 6 nitrogen and oxygen atoms in total. The number of halogens is 1. The number of hydrogen-bond acceptors (Lipinski definition) is 4. The fraction of sp³-hybridized carbons (Fsp3) is 0.429. The molecule has 1 atom stereocenters. The Morgan fingerprint density at radius 3 is 2.52 bits per heavy atom. The number of hydrogen-bond donors (Lipinski definition) is 1. The minimum absolute atomic E-state index is 0. The van der Waals surface area contributed by atoms with Crippen LogP contribution in [0.5, 0.6) is 11.5 Å². The smallest absolute Gasteiger partial charge is 0.308 e. The van der Waals surface area contributed by atoms with Crippen molar-refractivity contribution in [3.63, 3.8) is 0 Å². The molecule has 1 saturated heterocycles. The predicted molar refractivity (Wildman–Crippen MR) is 78.4 cm³/mol. The second kappa shape index (κ2) is 7.17. The molecule has 0 saturated carbocycles. The normalized spacial score (nSPS) is 17.0. The lowest BCUT2D eigenvalue weighted by Crippen LogP contribution is -2.30. The van der Waals surface area contributed by atoms with E-state index < -0.39 is 11.9 Å². The fourth-order valence-corrected chi connectivity index (χ4v) is 2.29. The van der Waals surface area contributed by atoms with Crippen LogP contribution < -0.4 is 9.47 Å². The average Bonchev–Trinajstić information content (AvgIpc) is 2.95. The summed E-state index contributed by atoms with van der Waals surface area (Å²) in [6, 6.07) is 4.95. The Morgan fingerprint density at radius 2 is 2.00 bits per heavy atom. The van der Waals surface area contributed by atoms with Crippen molar-refractivity contribution in [3.05, 3.63) is 23.8 Å². The highest BCUT2D eigenvalue weighted by Crippen LogP contribution is 2.27. The summed E-state index contributed by atoms with van der Waals surface area (Å²) < 4.78 is 10.3. The first-order valence-corrected chi connectivity index (χ1v) is 6.31. The number of carboxylic acid groups (broad SMARTS) is 1. The summed E-state index contributed by atoms with van der Waals surface area (Å²) in [6.45, 7) is 0.689. The Hall–Kier alpha value is -1.95. The number of rotatable bonds is 4. The van der Waals surface area contributed by atoms with Gasteiger partial charge in [-0.05, 0) is 18.6 Å². The molecule has 1 unspecified atom stereocenters. The fourth-order valence-electron chi connectivity index (χ4n) is 2.29. The maximum absolute atomic E-state index is 12.4. The first kappa shape index (κ1) is 17.1. The zero-order valence-electron chi connectivity index (χ0n) is 11.9. The molecule has 1 aromatic rings. The van der Waals surface area contributed by atoms with Crippen molar-refractivity contribution >= 4 is 24.3 Å². The Morgan fingerprint density at radius 1 is 1.29 bits per heavy atom. The van der Waals surface area contributed by atoms with E-state index >= 15 is 0 Å². The number of carbonyl (C=O) groups excluding carboxylic acids is 1. The molecule has 2 rings (SSSR count). The molecule has 1 fully saturated rings. The summed E-state index contributed by atoms with van der Waals surface area (Å²) in [7, 11) is 3.02. The topological polar surface area (TPSA) is 76.1 Å². The highest BCUT2D eigenvalue weighted by Gasteiger charge is 2.32. The van der Waals surface area contributed by atoms with Gasteiger partial charge >= 0.3 is 5.97 Å². The summed E-state index contributed by atoms with van der Waals surface area (Å²) in [5, 5.41) is 8.97. The van der Waals surface area contributed by atoms with Gasteiger partial charge in [0.15, 0.2) is 0 Å². The van der Waals surface area contributed by atoms with Crippen LogP contribution in [0.4, 0.5) is 0 Å². The lowest BCUT2D eigenvalue weighted by Gasteiger charge is -2.18. The number of carboxylic acids is 1. The Bertz CT molecular complexity index is 534. The summed E-state index contributed by atoms with van der Waals surface area (Å²) >= 11 is 0. The number of nitrogens with zero attached hydrogens (tertiary/aromatic N) is 1. The van der Waals surface area contributed by atoms with Crippen LogP contribution in [0.3, 0.4) is 0 Å². The standard InChI is InChI=1S/C14H17NO5.ClH/c1-19-10-3-4-11(12(7-10)20-2)13(16)15-6-5-9(8-15)14(17)18;/h3-4,7,9H,5-6,8H2,1-2H3,(H,17,18);1H. The summed E-state index contributed by atoms with van der Waals surface area (Å²) in [4.78, 5) is 24.9. The molecular formula is C14H18ClNO5. The number of aliphatic carboxylic acids is 1. The lowest BCUT2D eigenvalue weighted by molar-refractivity contribution is -0.141. The maximum Gasteiger partial charge on any atom is 0.308 e. The lowest BCUT2D eigenvalue weighted by atomic mass is 10.1. The van der Waals surface area contributed by atoms with Crippen LogP contribution >= 0.6 is 12.4 Å². The molecule has 0 bridgehead atoms. The molecular weight excluding hydrogens is 298 g/mol.